The van der Waals surface area contributed by atoms with Gasteiger partial charge in [-0.25, -0.2) is 4.68 Å². The van der Waals surface area contributed by atoms with Gasteiger partial charge in [-0.15, -0.1) is 0 Å². The van der Waals surface area contributed by atoms with E-state index in [4.69, 9.17) is 4.74 Å². The zero-order valence-electron chi connectivity index (χ0n) is 14.8. The van der Waals surface area contributed by atoms with Crippen LogP contribution < -0.4 is 15.8 Å². The molecule has 1 saturated heterocycles. The predicted molar refractivity (Wildman–Crippen MR) is 97.9 cm³/mol. The van der Waals surface area contributed by atoms with Gasteiger partial charge in [0.1, 0.15) is 19.6 Å². The second-order valence-corrected chi connectivity index (χ2v) is 6.40. The van der Waals surface area contributed by atoms with Crippen LogP contribution in [0.3, 0.4) is 0 Å². The molecule has 2 aromatic rings. The van der Waals surface area contributed by atoms with E-state index in [1.54, 1.807) is 6.07 Å². The second-order valence-electron chi connectivity index (χ2n) is 6.40. The van der Waals surface area contributed by atoms with Crippen LogP contribution in [0.5, 0.6) is 0 Å². The first-order valence-electron chi connectivity index (χ1n) is 9.04. The van der Waals surface area contributed by atoms with E-state index in [2.05, 4.69) is 10.4 Å². The monoisotopic (exact) mass is 357 g/mol. The number of hydrogen-bond donors (Lipinski definition) is 2. The number of nitrogens with one attached hydrogen (secondary N) is 2. The van der Waals surface area contributed by atoms with Crippen LogP contribution in [0.25, 0.3) is 11.3 Å². The van der Waals surface area contributed by atoms with Gasteiger partial charge in [-0.05, 0) is 6.07 Å². The van der Waals surface area contributed by atoms with Crippen LogP contribution in [0.15, 0.2) is 47.3 Å². The lowest BCUT2D eigenvalue weighted by molar-refractivity contribution is -0.908. The highest BCUT2D eigenvalue weighted by Crippen LogP contribution is 2.13. The van der Waals surface area contributed by atoms with Crippen molar-refractivity contribution in [3.8, 4) is 11.3 Å². The lowest BCUT2D eigenvalue weighted by Gasteiger charge is -2.23. The lowest BCUT2D eigenvalue weighted by Crippen LogP contribution is -3.14. The maximum Gasteiger partial charge on any atom is 0.267 e. The fourth-order valence-electron chi connectivity index (χ4n) is 2.99. The summed E-state index contributed by atoms with van der Waals surface area (Å²) in [6.07, 6.45) is 0.910. The molecule has 1 aliphatic heterocycles. The van der Waals surface area contributed by atoms with Gasteiger partial charge in [-0.1, -0.05) is 30.3 Å². The molecule has 0 radical (unpaired) electrons. The Morgan fingerprint density at radius 3 is 2.69 bits per heavy atom. The fourth-order valence-corrected chi connectivity index (χ4v) is 2.99. The first kappa shape index (κ1) is 18.3. The molecule has 0 spiro atoms. The molecule has 7 heteroatoms. The standard InChI is InChI=1S/C19H24N4O3/c24-18(20-9-4-10-22-11-13-26-14-12-22)15-23-19(25)8-7-17(21-23)16-5-2-1-3-6-16/h1-3,5-8H,4,9-15H2,(H,20,24)/p+1. The summed E-state index contributed by atoms with van der Waals surface area (Å²) in [6.45, 7) is 5.24. The third kappa shape index (κ3) is 5.24. The van der Waals surface area contributed by atoms with Crippen molar-refractivity contribution in [3.05, 3.63) is 52.8 Å². The van der Waals surface area contributed by atoms with E-state index < -0.39 is 0 Å². The predicted octanol–water partition coefficient (Wildman–Crippen LogP) is -0.668. The second kappa shape index (κ2) is 9.26. The molecule has 7 nitrogen and oxygen atoms in total. The quantitative estimate of drug-likeness (QED) is 0.645. The molecule has 26 heavy (non-hydrogen) atoms. The Balaban J connectivity index is 1.50. The van der Waals surface area contributed by atoms with Crippen molar-refractivity contribution < 1.29 is 14.4 Å². The maximum absolute atomic E-state index is 12.1. The molecule has 0 aliphatic carbocycles. The van der Waals surface area contributed by atoms with Crippen LogP contribution in [0.1, 0.15) is 6.42 Å². The lowest BCUT2D eigenvalue weighted by atomic mass is 10.1. The summed E-state index contributed by atoms with van der Waals surface area (Å²) in [5.74, 6) is -0.193. The normalized spacial score (nSPS) is 14.9. The van der Waals surface area contributed by atoms with Gasteiger partial charge in [0, 0.05) is 24.6 Å². The number of carbonyl (C=O) groups excluding carboxylic acids is 1. The zero-order chi connectivity index (χ0) is 18.2. The van der Waals surface area contributed by atoms with Gasteiger partial charge in [0.15, 0.2) is 0 Å². The highest BCUT2D eigenvalue weighted by Gasteiger charge is 2.13. The molecule has 1 aliphatic rings. The Morgan fingerprint density at radius 1 is 1.15 bits per heavy atom. The molecule has 1 amide bonds. The number of benzene rings is 1. The first-order valence-corrected chi connectivity index (χ1v) is 9.04. The molecule has 1 aromatic carbocycles. The van der Waals surface area contributed by atoms with Gasteiger partial charge in [-0.3, -0.25) is 9.59 Å². The van der Waals surface area contributed by atoms with Gasteiger partial charge in [-0.2, -0.15) is 5.10 Å². The van der Waals surface area contributed by atoms with Gasteiger partial charge in [0.25, 0.3) is 5.56 Å². The molecule has 2 N–H and O–H groups in total. The Bertz CT molecular complexity index is 770. The van der Waals surface area contributed by atoms with E-state index in [1.807, 2.05) is 30.3 Å². The average molecular weight is 357 g/mol. The van der Waals surface area contributed by atoms with E-state index in [0.717, 1.165) is 44.8 Å². The number of rotatable bonds is 7. The number of hydrogen-bond acceptors (Lipinski definition) is 4. The number of quaternary nitrogens is 1. The molecular weight excluding hydrogens is 332 g/mol. The van der Waals surface area contributed by atoms with E-state index >= 15 is 0 Å². The third-order valence-electron chi connectivity index (χ3n) is 4.46. The van der Waals surface area contributed by atoms with Crippen molar-refractivity contribution in [3.63, 3.8) is 0 Å². The molecule has 138 valence electrons. The Hall–Kier alpha value is -2.51. The molecule has 1 fully saturated rings. The minimum atomic E-state index is -0.280. The van der Waals surface area contributed by atoms with Gasteiger partial charge in [0.2, 0.25) is 5.91 Å². The summed E-state index contributed by atoms with van der Waals surface area (Å²) >= 11 is 0. The highest BCUT2D eigenvalue weighted by atomic mass is 16.5. The van der Waals surface area contributed by atoms with Crippen LogP contribution in [0.2, 0.25) is 0 Å². The summed E-state index contributed by atoms with van der Waals surface area (Å²) in [5.41, 5.74) is 1.31. The van der Waals surface area contributed by atoms with E-state index in [-0.39, 0.29) is 18.0 Å². The van der Waals surface area contributed by atoms with Gasteiger partial charge < -0.3 is 15.0 Å². The number of morpholine rings is 1. The van der Waals surface area contributed by atoms with Crippen molar-refractivity contribution >= 4 is 5.91 Å². The number of ether oxygens (including phenoxy) is 1. The molecule has 1 aromatic heterocycles. The summed E-state index contributed by atoms with van der Waals surface area (Å²) in [4.78, 5) is 25.6. The van der Waals surface area contributed by atoms with Gasteiger partial charge in [0.05, 0.1) is 25.5 Å². The molecule has 0 bridgehead atoms. The fraction of sp³-hybridized carbons (Fsp3) is 0.421. The van der Waals surface area contributed by atoms with Crippen LogP contribution in [0, 0.1) is 0 Å². The zero-order valence-corrected chi connectivity index (χ0v) is 14.8. The van der Waals surface area contributed by atoms with Crippen molar-refractivity contribution in [2.45, 2.75) is 13.0 Å². The van der Waals surface area contributed by atoms with Crippen LogP contribution in [-0.4, -0.2) is 55.1 Å². The summed E-state index contributed by atoms with van der Waals surface area (Å²) in [7, 11) is 0. The molecule has 0 unspecified atom stereocenters. The third-order valence-corrected chi connectivity index (χ3v) is 4.46. The van der Waals surface area contributed by atoms with Crippen LogP contribution in [0.4, 0.5) is 0 Å². The summed E-state index contributed by atoms with van der Waals surface area (Å²) in [6, 6.07) is 12.7. The molecule has 0 saturated carbocycles. The minimum Gasteiger partial charge on any atom is -0.370 e. The molecule has 0 atom stereocenters. The highest BCUT2D eigenvalue weighted by molar-refractivity contribution is 5.75. The Labute approximate surface area is 152 Å². The smallest absolute Gasteiger partial charge is 0.267 e. The van der Waals surface area contributed by atoms with E-state index in [9.17, 15) is 9.59 Å². The van der Waals surface area contributed by atoms with E-state index in [1.165, 1.54) is 15.6 Å². The number of amides is 1. The maximum atomic E-state index is 12.1. The van der Waals surface area contributed by atoms with Crippen molar-refractivity contribution in [2.24, 2.45) is 0 Å². The topological polar surface area (TPSA) is 77.7 Å². The van der Waals surface area contributed by atoms with Gasteiger partial charge >= 0.3 is 0 Å². The number of carbonyl (C=O) groups is 1. The minimum absolute atomic E-state index is 0.0656. The molecule has 3 rings (SSSR count). The van der Waals surface area contributed by atoms with Crippen molar-refractivity contribution in [1.82, 2.24) is 15.1 Å². The average Bonchev–Trinajstić information content (AvgIpc) is 2.68. The van der Waals surface area contributed by atoms with E-state index in [0.29, 0.717) is 12.2 Å². The van der Waals surface area contributed by atoms with Crippen LogP contribution in [-0.2, 0) is 16.1 Å². The summed E-state index contributed by atoms with van der Waals surface area (Å²) in [5, 5.41) is 7.18. The van der Waals surface area contributed by atoms with Crippen LogP contribution >= 0.6 is 0 Å². The van der Waals surface area contributed by atoms with Crippen molar-refractivity contribution in [2.75, 3.05) is 39.4 Å². The largest absolute Gasteiger partial charge is 0.370 e. The molecular formula is C19H25N4O3+. The summed E-state index contributed by atoms with van der Waals surface area (Å²) < 4.78 is 6.55. The number of nitrogens with zero attached hydrogens (tertiary/aromatic N) is 2. The Morgan fingerprint density at radius 2 is 1.92 bits per heavy atom. The number of aromatic nitrogens is 2. The first-order chi connectivity index (χ1) is 12.7. The molecule has 2 heterocycles. The van der Waals surface area contributed by atoms with Crippen molar-refractivity contribution in [1.29, 1.82) is 0 Å². The SMILES string of the molecule is O=C(Cn1nc(-c2ccccc2)ccc1=O)NCCC[NH+]1CCOCC1. The Kier molecular flexibility index (Phi) is 6.51.